The van der Waals surface area contributed by atoms with Gasteiger partial charge in [0.25, 0.3) is 0 Å². The Labute approximate surface area is 205 Å². The molecule has 2 aromatic carbocycles. The minimum atomic E-state index is -0.531. The summed E-state index contributed by atoms with van der Waals surface area (Å²) in [5.41, 5.74) is 1.24. The van der Waals surface area contributed by atoms with E-state index in [1.54, 1.807) is 14.2 Å². The Bertz CT molecular complexity index is 841. The average Bonchev–Trinajstić information content (AvgIpc) is 2.81. The van der Waals surface area contributed by atoms with Gasteiger partial charge in [-0.05, 0) is 36.2 Å². The first kappa shape index (κ1) is 26.3. The summed E-state index contributed by atoms with van der Waals surface area (Å²) >= 11 is 0. The highest BCUT2D eigenvalue weighted by Gasteiger charge is 2.23. The first-order chi connectivity index (χ1) is 15.1. The topological polar surface area (TPSA) is 58.1 Å². The molecule has 1 unspecified atom stereocenters. The number of rotatable bonds is 8. The molecule has 1 fully saturated rings. The molecule has 6 nitrogen and oxygen atoms in total. The first-order valence-electron chi connectivity index (χ1n) is 10.5. The third kappa shape index (κ3) is 7.28. The predicted molar refractivity (Wildman–Crippen MR) is 133 cm³/mol. The molecule has 1 aliphatic rings. The number of halogens is 3. The number of guanidine groups is 1. The summed E-state index contributed by atoms with van der Waals surface area (Å²) in [6, 6.07) is 12.1. The molecule has 1 heterocycles. The Morgan fingerprint density at radius 3 is 2.34 bits per heavy atom. The maximum absolute atomic E-state index is 13.8. The van der Waals surface area contributed by atoms with Crippen LogP contribution in [0.25, 0.3) is 0 Å². The number of aliphatic imine (C=N–C) groups is 1. The second kappa shape index (κ2) is 13.5. The van der Waals surface area contributed by atoms with Crippen LogP contribution < -0.4 is 15.4 Å². The molecule has 2 aromatic rings. The van der Waals surface area contributed by atoms with Crippen molar-refractivity contribution in [1.29, 1.82) is 0 Å². The maximum Gasteiger partial charge on any atom is 0.191 e. The van der Waals surface area contributed by atoms with Crippen molar-refractivity contribution in [2.45, 2.75) is 12.5 Å². The summed E-state index contributed by atoms with van der Waals surface area (Å²) in [5, 5.41) is 6.49. The van der Waals surface area contributed by atoms with Crippen LogP contribution in [-0.2, 0) is 11.2 Å². The number of hydrogen-bond donors (Lipinski definition) is 2. The highest BCUT2D eigenvalue weighted by molar-refractivity contribution is 14.0. The lowest BCUT2D eigenvalue weighted by molar-refractivity contribution is 0.0170. The summed E-state index contributed by atoms with van der Waals surface area (Å²) in [6.07, 6.45) is 0.227. The van der Waals surface area contributed by atoms with E-state index in [0.29, 0.717) is 32.3 Å². The zero-order valence-electron chi connectivity index (χ0n) is 18.4. The molecule has 0 amide bonds. The van der Waals surface area contributed by atoms with E-state index in [9.17, 15) is 8.78 Å². The summed E-state index contributed by atoms with van der Waals surface area (Å²) in [5.74, 6) is 0.340. The van der Waals surface area contributed by atoms with Crippen LogP contribution in [0, 0.1) is 11.6 Å². The van der Waals surface area contributed by atoms with Gasteiger partial charge in [-0.3, -0.25) is 9.89 Å². The lowest BCUT2D eigenvalue weighted by Crippen LogP contribution is -2.46. The van der Waals surface area contributed by atoms with Crippen molar-refractivity contribution >= 4 is 29.9 Å². The van der Waals surface area contributed by atoms with Crippen molar-refractivity contribution in [2.75, 3.05) is 53.6 Å². The van der Waals surface area contributed by atoms with Gasteiger partial charge in [0.15, 0.2) is 5.96 Å². The van der Waals surface area contributed by atoms with E-state index in [1.807, 2.05) is 12.1 Å². The Kier molecular flexibility index (Phi) is 11.1. The Hall–Kier alpha value is -1.98. The fourth-order valence-electron chi connectivity index (χ4n) is 3.66. The summed E-state index contributed by atoms with van der Waals surface area (Å²) < 4.78 is 38.4. The van der Waals surface area contributed by atoms with E-state index < -0.39 is 11.6 Å². The third-order valence-corrected chi connectivity index (χ3v) is 5.40. The summed E-state index contributed by atoms with van der Waals surface area (Å²) in [4.78, 5) is 6.62. The van der Waals surface area contributed by atoms with Crippen LogP contribution in [0.15, 0.2) is 47.5 Å². The van der Waals surface area contributed by atoms with Crippen molar-refractivity contribution in [3.8, 4) is 5.75 Å². The number of methoxy groups -OCH3 is 1. The van der Waals surface area contributed by atoms with Crippen molar-refractivity contribution in [3.05, 3.63) is 65.2 Å². The van der Waals surface area contributed by atoms with Crippen LogP contribution in [0.1, 0.15) is 17.2 Å². The molecular weight excluding hydrogens is 529 g/mol. The van der Waals surface area contributed by atoms with E-state index in [0.717, 1.165) is 18.8 Å². The highest BCUT2D eigenvalue weighted by Crippen LogP contribution is 2.23. The average molecular weight is 560 g/mol. The van der Waals surface area contributed by atoms with Crippen LogP contribution in [0.3, 0.4) is 0 Å². The van der Waals surface area contributed by atoms with Gasteiger partial charge in [-0.1, -0.05) is 18.2 Å². The van der Waals surface area contributed by atoms with Crippen LogP contribution in [0.2, 0.25) is 0 Å². The van der Waals surface area contributed by atoms with Gasteiger partial charge in [-0.15, -0.1) is 24.0 Å². The molecule has 0 spiro atoms. The Morgan fingerprint density at radius 2 is 1.75 bits per heavy atom. The molecule has 1 aliphatic heterocycles. The van der Waals surface area contributed by atoms with Gasteiger partial charge < -0.3 is 20.1 Å². The van der Waals surface area contributed by atoms with E-state index in [-0.39, 0.29) is 42.0 Å². The van der Waals surface area contributed by atoms with Crippen molar-refractivity contribution in [2.24, 2.45) is 4.99 Å². The Balaban J connectivity index is 0.00000363. The largest absolute Gasteiger partial charge is 0.497 e. The lowest BCUT2D eigenvalue weighted by Gasteiger charge is -2.35. The first-order valence-corrected chi connectivity index (χ1v) is 10.5. The fourth-order valence-corrected chi connectivity index (χ4v) is 3.66. The van der Waals surface area contributed by atoms with Crippen molar-refractivity contribution in [1.82, 2.24) is 15.5 Å². The molecule has 0 aliphatic carbocycles. The zero-order chi connectivity index (χ0) is 22.1. The number of benzene rings is 2. The van der Waals surface area contributed by atoms with E-state index in [2.05, 4.69) is 32.7 Å². The maximum atomic E-state index is 13.8. The summed E-state index contributed by atoms with van der Waals surface area (Å²) in [7, 11) is 3.33. The molecule has 0 radical (unpaired) electrons. The fraction of sp³-hybridized carbons (Fsp3) is 0.435. The normalized spacial score (nSPS) is 15.6. The van der Waals surface area contributed by atoms with Crippen LogP contribution in [0.5, 0.6) is 5.75 Å². The van der Waals surface area contributed by atoms with Gasteiger partial charge in [-0.25, -0.2) is 8.78 Å². The summed E-state index contributed by atoms with van der Waals surface area (Å²) in [6.45, 7) is 4.08. The molecule has 0 saturated carbocycles. The number of nitrogens with zero attached hydrogens (tertiary/aromatic N) is 2. The van der Waals surface area contributed by atoms with Gasteiger partial charge in [0.2, 0.25) is 0 Å². The molecule has 0 bridgehead atoms. The molecular formula is C23H31F2IN4O2. The molecule has 0 aromatic heterocycles. The lowest BCUT2D eigenvalue weighted by atomic mass is 10.0. The van der Waals surface area contributed by atoms with E-state index >= 15 is 0 Å². The molecule has 1 atom stereocenters. The third-order valence-electron chi connectivity index (χ3n) is 5.40. The Morgan fingerprint density at radius 1 is 1.09 bits per heavy atom. The number of morpholine rings is 1. The van der Waals surface area contributed by atoms with Crippen LogP contribution >= 0.6 is 24.0 Å². The van der Waals surface area contributed by atoms with Gasteiger partial charge in [-0.2, -0.15) is 0 Å². The quantitative estimate of drug-likeness (QED) is 0.295. The molecule has 3 rings (SSSR count). The van der Waals surface area contributed by atoms with Crippen molar-refractivity contribution < 1.29 is 18.3 Å². The molecule has 176 valence electrons. The minimum absolute atomic E-state index is 0. The van der Waals surface area contributed by atoms with E-state index in [1.165, 1.54) is 23.8 Å². The second-order valence-corrected chi connectivity index (χ2v) is 7.27. The van der Waals surface area contributed by atoms with Crippen LogP contribution in [0.4, 0.5) is 8.78 Å². The van der Waals surface area contributed by atoms with Gasteiger partial charge in [0.1, 0.15) is 17.4 Å². The minimum Gasteiger partial charge on any atom is -0.497 e. The zero-order valence-corrected chi connectivity index (χ0v) is 20.8. The van der Waals surface area contributed by atoms with Gasteiger partial charge >= 0.3 is 0 Å². The van der Waals surface area contributed by atoms with E-state index in [4.69, 9.17) is 9.47 Å². The highest BCUT2D eigenvalue weighted by atomic mass is 127. The SMILES string of the molecule is CN=C(NCCc1c(F)cccc1F)NCC(c1ccc(OC)cc1)N1CCOCC1.I. The second-order valence-electron chi connectivity index (χ2n) is 7.27. The number of nitrogens with one attached hydrogen (secondary N) is 2. The molecule has 32 heavy (non-hydrogen) atoms. The molecule has 9 heteroatoms. The predicted octanol–water partition coefficient (Wildman–Crippen LogP) is 3.37. The van der Waals surface area contributed by atoms with Crippen molar-refractivity contribution in [3.63, 3.8) is 0 Å². The van der Waals surface area contributed by atoms with Gasteiger partial charge in [0, 0.05) is 38.8 Å². The van der Waals surface area contributed by atoms with Gasteiger partial charge in [0.05, 0.1) is 26.4 Å². The molecule has 1 saturated heterocycles. The smallest absolute Gasteiger partial charge is 0.191 e. The molecule has 2 N–H and O–H groups in total. The standard InChI is InChI=1S/C23H30F2N4O2.HI/c1-26-23(27-11-10-19-20(24)4-3-5-21(19)25)28-16-22(29-12-14-31-15-13-29)17-6-8-18(30-2)9-7-17;/h3-9,22H,10-16H2,1-2H3,(H2,26,27,28);1H. The number of ether oxygens (including phenoxy) is 2. The monoisotopic (exact) mass is 560 g/mol. The van der Waals surface area contributed by atoms with Crippen LogP contribution in [-0.4, -0.2) is 64.4 Å². The number of hydrogen-bond acceptors (Lipinski definition) is 4.